The molecule has 2 saturated heterocycles. The molecule has 0 aromatic rings. The van der Waals surface area contributed by atoms with E-state index < -0.39 is 0 Å². The zero-order valence-electron chi connectivity index (χ0n) is 11.3. The monoisotopic (exact) mass is 224 g/mol. The van der Waals surface area contributed by atoms with Gasteiger partial charge in [-0.25, -0.2) is 0 Å². The molecule has 0 saturated carbocycles. The molecule has 0 radical (unpaired) electrons. The summed E-state index contributed by atoms with van der Waals surface area (Å²) in [7, 11) is 0. The van der Waals surface area contributed by atoms with Gasteiger partial charge in [0.15, 0.2) is 0 Å². The Kier molecular flexibility index (Phi) is 3.91. The van der Waals surface area contributed by atoms with E-state index >= 15 is 0 Å². The molecule has 0 amide bonds. The number of hydrogen-bond donors (Lipinski definition) is 1. The van der Waals surface area contributed by atoms with Gasteiger partial charge >= 0.3 is 0 Å². The summed E-state index contributed by atoms with van der Waals surface area (Å²) < 4.78 is 0. The first kappa shape index (κ1) is 12.4. The molecule has 2 aliphatic rings. The van der Waals surface area contributed by atoms with Crippen molar-refractivity contribution in [3.05, 3.63) is 0 Å². The lowest BCUT2D eigenvalue weighted by atomic mass is 9.88. The van der Waals surface area contributed by atoms with Crippen molar-refractivity contribution in [2.75, 3.05) is 26.2 Å². The van der Waals surface area contributed by atoms with Gasteiger partial charge in [-0.1, -0.05) is 20.3 Å². The molecule has 2 aliphatic heterocycles. The first-order chi connectivity index (χ1) is 7.59. The molecule has 0 bridgehead atoms. The Morgan fingerprint density at radius 2 is 2.12 bits per heavy atom. The van der Waals surface area contributed by atoms with Crippen molar-refractivity contribution in [3.63, 3.8) is 0 Å². The second-order valence-electron chi connectivity index (χ2n) is 6.55. The van der Waals surface area contributed by atoms with Crippen molar-refractivity contribution in [2.24, 2.45) is 11.3 Å². The summed E-state index contributed by atoms with van der Waals surface area (Å²) in [5.41, 5.74) is 0.526. The summed E-state index contributed by atoms with van der Waals surface area (Å²) in [5.74, 6) is 0.892. The lowest BCUT2D eigenvalue weighted by Gasteiger charge is -2.35. The van der Waals surface area contributed by atoms with Crippen LogP contribution in [0.3, 0.4) is 0 Å². The molecule has 16 heavy (non-hydrogen) atoms. The smallest absolute Gasteiger partial charge is 0.00672 e. The van der Waals surface area contributed by atoms with Gasteiger partial charge in [-0.05, 0) is 44.1 Å². The van der Waals surface area contributed by atoms with E-state index in [4.69, 9.17) is 0 Å². The van der Waals surface area contributed by atoms with Crippen LogP contribution in [0.4, 0.5) is 0 Å². The molecule has 94 valence electrons. The number of hydrogen-bond acceptors (Lipinski definition) is 2. The second-order valence-corrected chi connectivity index (χ2v) is 6.55. The third kappa shape index (κ3) is 2.98. The van der Waals surface area contributed by atoms with Gasteiger partial charge in [0.1, 0.15) is 0 Å². The molecule has 0 aromatic carbocycles. The standard InChI is InChI=1S/C14H28N2/c1-12-5-4-6-13(2)16(9-12)11-14(3)7-8-15-10-14/h12-13,15H,4-11H2,1-3H3. The van der Waals surface area contributed by atoms with E-state index in [0.717, 1.165) is 12.0 Å². The van der Waals surface area contributed by atoms with Crippen LogP contribution in [0.2, 0.25) is 0 Å². The quantitative estimate of drug-likeness (QED) is 0.775. The molecule has 0 aromatic heterocycles. The molecule has 2 fully saturated rings. The highest BCUT2D eigenvalue weighted by atomic mass is 15.2. The van der Waals surface area contributed by atoms with Crippen molar-refractivity contribution >= 4 is 0 Å². The van der Waals surface area contributed by atoms with E-state index in [1.165, 1.54) is 51.9 Å². The van der Waals surface area contributed by atoms with Gasteiger partial charge in [0.2, 0.25) is 0 Å². The number of likely N-dealkylation sites (tertiary alicyclic amines) is 1. The summed E-state index contributed by atoms with van der Waals surface area (Å²) in [5, 5.41) is 3.52. The lowest BCUT2D eigenvalue weighted by Crippen LogP contribution is -2.43. The first-order valence-corrected chi connectivity index (χ1v) is 7.04. The molecular formula is C14H28N2. The van der Waals surface area contributed by atoms with Crippen LogP contribution in [0, 0.1) is 11.3 Å². The van der Waals surface area contributed by atoms with Gasteiger partial charge in [0, 0.05) is 25.7 Å². The normalized spacial score (nSPS) is 42.2. The summed E-state index contributed by atoms with van der Waals surface area (Å²) in [6.45, 7) is 12.3. The Balaban J connectivity index is 1.95. The minimum absolute atomic E-state index is 0.526. The first-order valence-electron chi connectivity index (χ1n) is 7.04. The van der Waals surface area contributed by atoms with Gasteiger partial charge in [-0.2, -0.15) is 0 Å². The highest BCUT2D eigenvalue weighted by Gasteiger charge is 2.33. The van der Waals surface area contributed by atoms with E-state index in [9.17, 15) is 0 Å². The third-order valence-corrected chi connectivity index (χ3v) is 4.53. The predicted octanol–water partition coefficient (Wildman–Crippen LogP) is 2.50. The van der Waals surface area contributed by atoms with Crippen molar-refractivity contribution in [1.29, 1.82) is 0 Å². The van der Waals surface area contributed by atoms with Crippen molar-refractivity contribution in [3.8, 4) is 0 Å². The SMILES string of the molecule is CC1CCCC(C)N(CC2(C)CCNC2)C1. The average Bonchev–Trinajstić information content (AvgIpc) is 2.57. The van der Waals surface area contributed by atoms with Gasteiger partial charge in [-0.3, -0.25) is 4.90 Å². The third-order valence-electron chi connectivity index (χ3n) is 4.53. The van der Waals surface area contributed by atoms with Crippen LogP contribution in [0.15, 0.2) is 0 Å². The van der Waals surface area contributed by atoms with Crippen molar-refractivity contribution in [2.45, 2.75) is 52.5 Å². The Morgan fingerprint density at radius 3 is 2.81 bits per heavy atom. The maximum absolute atomic E-state index is 3.52. The van der Waals surface area contributed by atoms with Crippen molar-refractivity contribution in [1.82, 2.24) is 10.2 Å². The highest BCUT2D eigenvalue weighted by molar-refractivity contribution is 4.89. The Labute approximate surface area is 101 Å². The number of nitrogens with zero attached hydrogens (tertiary/aromatic N) is 1. The van der Waals surface area contributed by atoms with Gasteiger partial charge in [0.05, 0.1) is 0 Å². The zero-order chi connectivity index (χ0) is 11.6. The molecular weight excluding hydrogens is 196 g/mol. The Morgan fingerprint density at radius 1 is 1.31 bits per heavy atom. The van der Waals surface area contributed by atoms with Crippen LogP contribution in [0.1, 0.15) is 46.5 Å². The second kappa shape index (κ2) is 5.05. The van der Waals surface area contributed by atoms with E-state index in [0.29, 0.717) is 5.41 Å². The minimum atomic E-state index is 0.526. The molecule has 2 heteroatoms. The largest absolute Gasteiger partial charge is 0.316 e. The topological polar surface area (TPSA) is 15.3 Å². The fourth-order valence-corrected chi connectivity index (χ4v) is 3.33. The highest BCUT2D eigenvalue weighted by Crippen LogP contribution is 2.29. The molecule has 0 aliphatic carbocycles. The Hall–Kier alpha value is -0.0800. The minimum Gasteiger partial charge on any atom is -0.316 e. The molecule has 2 rings (SSSR count). The van der Waals surface area contributed by atoms with Crippen LogP contribution >= 0.6 is 0 Å². The summed E-state index contributed by atoms with van der Waals surface area (Å²) >= 11 is 0. The average molecular weight is 224 g/mol. The van der Waals surface area contributed by atoms with E-state index in [2.05, 4.69) is 31.0 Å². The molecule has 3 unspecified atom stereocenters. The molecule has 3 atom stereocenters. The predicted molar refractivity (Wildman–Crippen MR) is 69.6 cm³/mol. The van der Waals surface area contributed by atoms with E-state index in [1.54, 1.807) is 0 Å². The summed E-state index contributed by atoms with van der Waals surface area (Å²) in [4.78, 5) is 2.75. The van der Waals surface area contributed by atoms with E-state index in [-0.39, 0.29) is 0 Å². The molecule has 2 heterocycles. The van der Waals surface area contributed by atoms with Crippen LogP contribution in [0.25, 0.3) is 0 Å². The van der Waals surface area contributed by atoms with Crippen LogP contribution in [-0.2, 0) is 0 Å². The summed E-state index contributed by atoms with van der Waals surface area (Å²) in [6.07, 6.45) is 5.60. The van der Waals surface area contributed by atoms with E-state index in [1.807, 2.05) is 0 Å². The van der Waals surface area contributed by atoms with Gasteiger partial charge in [0.25, 0.3) is 0 Å². The molecule has 2 nitrogen and oxygen atoms in total. The number of rotatable bonds is 2. The van der Waals surface area contributed by atoms with Crippen LogP contribution in [-0.4, -0.2) is 37.1 Å². The fraction of sp³-hybridized carbons (Fsp3) is 1.00. The number of nitrogens with one attached hydrogen (secondary N) is 1. The van der Waals surface area contributed by atoms with Gasteiger partial charge in [-0.15, -0.1) is 0 Å². The molecule has 1 N–H and O–H groups in total. The lowest BCUT2D eigenvalue weighted by molar-refractivity contribution is 0.128. The summed E-state index contributed by atoms with van der Waals surface area (Å²) in [6, 6.07) is 0.794. The fourth-order valence-electron chi connectivity index (χ4n) is 3.33. The Bertz CT molecular complexity index is 221. The maximum atomic E-state index is 3.52. The maximum Gasteiger partial charge on any atom is 0.00672 e. The van der Waals surface area contributed by atoms with Gasteiger partial charge < -0.3 is 5.32 Å². The van der Waals surface area contributed by atoms with Crippen LogP contribution in [0.5, 0.6) is 0 Å². The molecule has 0 spiro atoms. The van der Waals surface area contributed by atoms with Crippen LogP contribution < -0.4 is 5.32 Å². The van der Waals surface area contributed by atoms with Crippen molar-refractivity contribution < 1.29 is 0 Å². The zero-order valence-corrected chi connectivity index (χ0v) is 11.3.